The molecule has 6 heteroatoms. The van der Waals surface area contributed by atoms with Gasteiger partial charge in [0.25, 0.3) is 0 Å². The van der Waals surface area contributed by atoms with Crippen molar-refractivity contribution in [3.63, 3.8) is 0 Å². The molecule has 1 aromatic heterocycles. The van der Waals surface area contributed by atoms with Gasteiger partial charge >= 0.3 is 5.97 Å². The van der Waals surface area contributed by atoms with Crippen molar-refractivity contribution in [3.8, 4) is 0 Å². The quantitative estimate of drug-likeness (QED) is 0.893. The first-order valence-corrected chi connectivity index (χ1v) is 5.45. The number of carboxylic acids is 1. The summed E-state index contributed by atoms with van der Waals surface area (Å²) in [4.78, 5) is 10.8. The fourth-order valence-corrected chi connectivity index (χ4v) is 1.74. The maximum absolute atomic E-state index is 13.5. The van der Waals surface area contributed by atoms with Crippen molar-refractivity contribution in [1.29, 1.82) is 0 Å². The first kappa shape index (κ1) is 12.4. The van der Waals surface area contributed by atoms with Gasteiger partial charge in [0.15, 0.2) is 0 Å². The van der Waals surface area contributed by atoms with Crippen LogP contribution in [0.3, 0.4) is 0 Å². The van der Waals surface area contributed by atoms with E-state index in [9.17, 15) is 9.18 Å². The Morgan fingerprint density at radius 1 is 1.44 bits per heavy atom. The summed E-state index contributed by atoms with van der Waals surface area (Å²) < 4.78 is 18.3. The SMILES string of the molecule is O=C(O)c1occc1CNc1c(F)cccc1Cl. The molecule has 2 N–H and O–H groups in total. The lowest BCUT2D eigenvalue weighted by atomic mass is 10.2. The summed E-state index contributed by atoms with van der Waals surface area (Å²) in [5.41, 5.74) is 0.554. The Morgan fingerprint density at radius 3 is 2.89 bits per heavy atom. The van der Waals surface area contributed by atoms with Crippen LogP contribution in [0.15, 0.2) is 34.9 Å². The Kier molecular flexibility index (Phi) is 3.53. The number of hydrogen-bond acceptors (Lipinski definition) is 3. The first-order valence-electron chi connectivity index (χ1n) is 5.07. The summed E-state index contributed by atoms with van der Waals surface area (Å²) >= 11 is 5.83. The summed E-state index contributed by atoms with van der Waals surface area (Å²) in [5, 5.41) is 11.8. The van der Waals surface area contributed by atoms with Gasteiger partial charge < -0.3 is 14.8 Å². The lowest BCUT2D eigenvalue weighted by molar-refractivity contribution is 0.0661. The predicted octanol–water partition coefficient (Wildman–Crippen LogP) is 3.38. The highest BCUT2D eigenvalue weighted by Gasteiger charge is 2.14. The van der Waals surface area contributed by atoms with Crippen LogP contribution in [0.5, 0.6) is 0 Å². The van der Waals surface area contributed by atoms with Crippen LogP contribution < -0.4 is 5.32 Å². The number of furan rings is 1. The lowest BCUT2D eigenvalue weighted by Crippen LogP contribution is -2.06. The van der Waals surface area contributed by atoms with Crippen molar-refractivity contribution >= 4 is 23.3 Å². The predicted molar refractivity (Wildman–Crippen MR) is 64.4 cm³/mol. The second-order valence-electron chi connectivity index (χ2n) is 3.53. The highest BCUT2D eigenvalue weighted by atomic mass is 35.5. The molecule has 2 rings (SSSR count). The molecule has 0 amide bonds. The summed E-state index contributed by atoms with van der Waals surface area (Å²) in [7, 11) is 0. The van der Waals surface area contributed by atoms with Crippen LogP contribution in [0, 0.1) is 5.82 Å². The van der Waals surface area contributed by atoms with E-state index in [2.05, 4.69) is 5.32 Å². The zero-order chi connectivity index (χ0) is 13.1. The number of benzene rings is 1. The second kappa shape index (κ2) is 5.10. The molecule has 1 heterocycles. The number of carbonyl (C=O) groups is 1. The molecule has 94 valence electrons. The molecule has 0 radical (unpaired) electrons. The van der Waals surface area contributed by atoms with Gasteiger partial charge in [-0.05, 0) is 18.2 Å². The third-order valence-corrected chi connectivity index (χ3v) is 2.67. The molecule has 18 heavy (non-hydrogen) atoms. The van der Waals surface area contributed by atoms with Crippen LogP contribution in [-0.2, 0) is 6.54 Å². The van der Waals surface area contributed by atoms with E-state index in [1.807, 2.05) is 0 Å². The number of hydrogen-bond donors (Lipinski definition) is 2. The largest absolute Gasteiger partial charge is 0.475 e. The lowest BCUT2D eigenvalue weighted by Gasteiger charge is -2.08. The van der Waals surface area contributed by atoms with Gasteiger partial charge in [0.2, 0.25) is 5.76 Å². The summed E-state index contributed by atoms with van der Waals surface area (Å²) in [6.45, 7) is 0.110. The summed E-state index contributed by atoms with van der Waals surface area (Å²) in [5.74, 6) is -1.84. The fourth-order valence-electron chi connectivity index (χ4n) is 1.51. The van der Waals surface area contributed by atoms with Crippen LogP contribution in [0.2, 0.25) is 5.02 Å². The van der Waals surface area contributed by atoms with Crippen LogP contribution in [0.4, 0.5) is 10.1 Å². The molecule has 4 nitrogen and oxygen atoms in total. The van der Waals surface area contributed by atoms with Gasteiger partial charge in [0, 0.05) is 12.1 Å². The van der Waals surface area contributed by atoms with E-state index in [0.717, 1.165) is 0 Å². The topological polar surface area (TPSA) is 62.5 Å². The van der Waals surface area contributed by atoms with Crippen molar-refractivity contribution < 1.29 is 18.7 Å². The number of para-hydroxylation sites is 1. The van der Waals surface area contributed by atoms with Gasteiger partial charge in [-0.15, -0.1) is 0 Å². The standard InChI is InChI=1S/C12H9ClFNO3/c13-8-2-1-3-9(14)10(8)15-6-7-4-5-18-11(7)12(16)17/h1-5,15H,6H2,(H,16,17). The van der Waals surface area contributed by atoms with E-state index in [4.69, 9.17) is 21.1 Å². The van der Waals surface area contributed by atoms with E-state index in [-0.39, 0.29) is 23.0 Å². The molecule has 2 aromatic rings. The number of aromatic carboxylic acids is 1. The highest BCUT2D eigenvalue weighted by molar-refractivity contribution is 6.33. The van der Waals surface area contributed by atoms with E-state index in [1.165, 1.54) is 24.5 Å². The van der Waals surface area contributed by atoms with Crippen molar-refractivity contribution in [1.82, 2.24) is 0 Å². The molecule has 0 saturated carbocycles. The maximum atomic E-state index is 13.5. The van der Waals surface area contributed by atoms with Crippen LogP contribution in [0.1, 0.15) is 16.1 Å². The smallest absolute Gasteiger partial charge is 0.372 e. The van der Waals surface area contributed by atoms with Gasteiger partial charge in [-0.25, -0.2) is 9.18 Å². The first-order chi connectivity index (χ1) is 8.59. The third kappa shape index (κ3) is 2.46. The molecule has 0 unspecified atom stereocenters. The number of carboxylic acid groups (broad SMARTS) is 1. The average molecular weight is 270 g/mol. The normalized spacial score (nSPS) is 10.3. The Morgan fingerprint density at radius 2 is 2.22 bits per heavy atom. The molecular formula is C12H9ClFNO3. The zero-order valence-electron chi connectivity index (χ0n) is 9.11. The number of rotatable bonds is 4. The minimum absolute atomic E-state index is 0.110. The van der Waals surface area contributed by atoms with Crippen molar-refractivity contribution in [2.45, 2.75) is 6.54 Å². The van der Waals surface area contributed by atoms with Crippen LogP contribution in [-0.4, -0.2) is 11.1 Å². The van der Waals surface area contributed by atoms with E-state index >= 15 is 0 Å². The van der Waals surface area contributed by atoms with Gasteiger partial charge in [0.05, 0.1) is 17.0 Å². The molecule has 0 aliphatic carbocycles. The molecule has 0 atom stereocenters. The van der Waals surface area contributed by atoms with Crippen molar-refractivity contribution in [3.05, 3.63) is 52.7 Å². The Bertz CT molecular complexity index is 562. The highest BCUT2D eigenvalue weighted by Crippen LogP contribution is 2.25. The Hall–Kier alpha value is -2.01. The van der Waals surface area contributed by atoms with Crippen molar-refractivity contribution in [2.24, 2.45) is 0 Å². The van der Waals surface area contributed by atoms with Crippen LogP contribution in [0.25, 0.3) is 0 Å². The molecule has 0 saturated heterocycles. The summed E-state index contributed by atoms with van der Waals surface area (Å²) in [6, 6.07) is 5.80. The second-order valence-corrected chi connectivity index (χ2v) is 3.94. The minimum atomic E-state index is -1.17. The third-order valence-electron chi connectivity index (χ3n) is 2.36. The fraction of sp³-hybridized carbons (Fsp3) is 0.0833. The van der Waals surface area contributed by atoms with Gasteiger partial charge in [-0.2, -0.15) is 0 Å². The van der Waals surface area contributed by atoms with Gasteiger partial charge in [-0.1, -0.05) is 17.7 Å². The van der Waals surface area contributed by atoms with E-state index in [0.29, 0.717) is 5.56 Å². The number of anilines is 1. The van der Waals surface area contributed by atoms with Gasteiger partial charge in [0.1, 0.15) is 5.82 Å². The molecule has 0 spiro atoms. The maximum Gasteiger partial charge on any atom is 0.372 e. The summed E-state index contributed by atoms with van der Waals surface area (Å²) in [6.07, 6.45) is 1.27. The average Bonchev–Trinajstić information content (AvgIpc) is 2.76. The molecule has 0 fully saturated rings. The monoisotopic (exact) mass is 269 g/mol. The van der Waals surface area contributed by atoms with E-state index < -0.39 is 11.8 Å². The van der Waals surface area contributed by atoms with E-state index in [1.54, 1.807) is 6.07 Å². The molecule has 0 aliphatic rings. The Balaban J connectivity index is 2.17. The zero-order valence-corrected chi connectivity index (χ0v) is 9.87. The van der Waals surface area contributed by atoms with Crippen molar-refractivity contribution in [2.75, 3.05) is 5.32 Å². The molecule has 1 aromatic carbocycles. The van der Waals surface area contributed by atoms with Gasteiger partial charge in [-0.3, -0.25) is 0 Å². The van der Waals surface area contributed by atoms with Crippen LogP contribution >= 0.6 is 11.6 Å². The minimum Gasteiger partial charge on any atom is -0.475 e. The molecule has 0 aliphatic heterocycles. The number of halogens is 2. The molecular weight excluding hydrogens is 261 g/mol. The molecule has 0 bridgehead atoms. The Labute approximate surface area is 107 Å². The number of nitrogens with one attached hydrogen (secondary N) is 1.